The fourth-order valence-electron chi connectivity index (χ4n) is 3.61. The topological polar surface area (TPSA) is 129 Å². The van der Waals surface area contributed by atoms with Crippen LogP contribution in [0, 0.1) is 10.1 Å². The van der Waals surface area contributed by atoms with Crippen molar-refractivity contribution < 1.29 is 9.72 Å². The van der Waals surface area contributed by atoms with Crippen LogP contribution in [0.2, 0.25) is 0 Å². The van der Waals surface area contributed by atoms with Crippen LogP contribution in [0.15, 0.2) is 52.1 Å². The third-order valence-corrected chi connectivity index (χ3v) is 4.97. The number of carbonyl (C=O) groups excluding carboxylic acids is 1. The fourth-order valence-corrected chi connectivity index (χ4v) is 3.61. The number of nitro benzene ring substituents is 1. The summed E-state index contributed by atoms with van der Waals surface area (Å²) in [4.78, 5) is 53.3. The Kier molecular flexibility index (Phi) is 4.26. The number of carbonyl (C=O) groups is 1. The number of nitro groups is 1. The van der Waals surface area contributed by atoms with Gasteiger partial charge in [0.2, 0.25) is 5.91 Å². The second-order valence-corrected chi connectivity index (χ2v) is 6.70. The summed E-state index contributed by atoms with van der Waals surface area (Å²) in [7, 11) is 0. The molecule has 1 unspecified atom stereocenters. The van der Waals surface area contributed by atoms with E-state index in [0.29, 0.717) is 18.5 Å². The highest BCUT2D eigenvalue weighted by atomic mass is 16.6. The molecule has 3 aromatic rings. The van der Waals surface area contributed by atoms with E-state index >= 15 is 0 Å². The van der Waals surface area contributed by atoms with Crippen molar-refractivity contribution in [2.45, 2.75) is 18.9 Å². The van der Waals surface area contributed by atoms with Gasteiger partial charge in [-0.15, -0.1) is 0 Å². The molecule has 2 aromatic carbocycles. The van der Waals surface area contributed by atoms with E-state index in [-0.39, 0.29) is 35.1 Å². The number of benzene rings is 2. The summed E-state index contributed by atoms with van der Waals surface area (Å²) in [6, 6.07) is 11.9. The molecule has 1 amide bonds. The van der Waals surface area contributed by atoms with Gasteiger partial charge in [-0.05, 0) is 12.0 Å². The molecule has 0 aliphatic carbocycles. The molecule has 0 spiro atoms. The van der Waals surface area contributed by atoms with Gasteiger partial charge in [0, 0.05) is 30.8 Å². The Morgan fingerprint density at radius 3 is 2.50 bits per heavy atom. The lowest BCUT2D eigenvalue weighted by Gasteiger charge is -2.18. The lowest BCUT2D eigenvalue weighted by atomic mass is 9.98. The molecule has 2 N–H and O–H groups in total. The van der Waals surface area contributed by atoms with Crippen molar-refractivity contribution in [3.05, 3.63) is 84.4 Å². The van der Waals surface area contributed by atoms with Gasteiger partial charge in [-0.2, -0.15) is 0 Å². The maximum atomic E-state index is 12.8. The second-order valence-electron chi connectivity index (χ2n) is 6.70. The lowest BCUT2D eigenvalue weighted by Crippen LogP contribution is -2.30. The number of hydrogen-bond donors (Lipinski definition) is 2. The molecule has 142 valence electrons. The standard InChI is InChI=1S/C19H16N4O5/c24-17-18(25)21-16-12(8-13(23(27)28)9-15(16)20-17)10-22-7-6-14(19(22)26)11-4-2-1-3-5-11/h1-5,8-9,14H,6-7,10H2,(H,20,24)(H,21,25). The van der Waals surface area contributed by atoms with E-state index in [1.54, 1.807) is 4.90 Å². The molecule has 9 heteroatoms. The van der Waals surface area contributed by atoms with Gasteiger partial charge in [-0.3, -0.25) is 24.5 Å². The van der Waals surface area contributed by atoms with Crippen LogP contribution in [-0.2, 0) is 11.3 Å². The first-order valence-corrected chi connectivity index (χ1v) is 8.71. The Balaban J connectivity index is 1.72. The number of fused-ring (bicyclic) bond motifs is 1. The first kappa shape index (κ1) is 17.7. The van der Waals surface area contributed by atoms with Crippen LogP contribution in [0.4, 0.5) is 5.69 Å². The van der Waals surface area contributed by atoms with Gasteiger partial charge in [-0.1, -0.05) is 30.3 Å². The zero-order valence-electron chi connectivity index (χ0n) is 14.7. The molecule has 4 rings (SSSR count). The average Bonchev–Trinajstić information content (AvgIpc) is 3.04. The van der Waals surface area contributed by atoms with Gasteiger partial charge in [0.05, 0.1) is 21.9 Å². The largest absolute Gasteiger partial charge is 0.338 e. The van der Waals surface area contributed by atoms with Crippen molar-refractivity contribution in [3.63, 3.8) is 0 Å². The number of non-ortho nitro benzene ring substituents is 1. The minimum absolute atomic E-state index is 0.0716. The molecule has 0 bridgehead atoms. The molecular formula is C19H16N4O5. The second kappa shape index (κ2) is 6.76. The third-order valence-electron chi connectivity index (χ3n) is 4.97. The van der Waals surface area contributed by atoms with Crippen LogP contribution < -0.4 is 11.1 Å². The number of aromatic amines is 2. The molecular weight excluding hydrogens is 364 g/mol. The number of nitrogens with one attached hydrogen (secondary N) is 2. The Morgan fingerprint density at radius 2 is 1.79 bits per heavy atom. The first-order chi connectivity index (χ1) is 13.4. The minimum Gasteiger partial charge on any atom is -0.338 e. The van der Waals surface area contributed by atoms with Crippen molar-refractivity contribution in [2.75, 3.05) is 6.54 Å². The fraction of sp³-hybridized carbons (Fsp3) is 0.211. The maximum absolute atomic E-state index is 12.8. The number of aromatic nitrogens is 2. The van der Waals surface area contributed by atoms with Crippen LogP contribution in [0.1, 0.15) is 23.5 Å². The van der Waals surface area contributed by atoms with E-state index in [0.717, 1.165) is 5.56 Å². The van der Waals surface area contributed by atoms with Crippen LogP contribution in [0.5, 0.6) is 0 Å². The number of rotatable bonds is 4. The number of amides is 1. The van der Waals surface area contributed by atoms with Crippen molar-refractivity contribution in [2.24, 2.45) is 0 Å². The van der Waals surface area contributed by atoms with Crippen molar-refractivity contribution >= 4 is 22.6 Å². The minimum atomic E-state index is -0.889. The molecule has 1 aliphatic heterocycles. The van der Waals surface area contributed by atoms with Crippen LogP contribution >= 0.6 is 0 Å². The van der Waals surface area contributed by atoms with E-state index in [1.165, 1.54) is 12.1 Å². The van der Waals surface area contributed by atoms with Crippen LogP contribution in [0.25, 0.3) is 11.0 Å². The average molecular weight is 380 g/mol. The smallest absolute Gasteiger partial charge is 0.314 e. The number of likely N-dealkylation sites (tertiary alicyclic amines) is 1. The van der Waals surface area contributed by atoms with E-state index in [2.05, 4.69) is 9.97 Å². The normalized spacial score (nSPS) is 16.6. The molecule has 2 heterocycles. The summed E-state index contributed by atoms with van der Waals surface area (Å²) in [5, 5.41) is 11.2. The maximum Gasteiger partial charge on any atom is 0.314 e. The van der Waals surface area contributed by atoms with Crippen molar-refractivity contribution in [3.8, 4) is 0 Å². The Hall–Kier alpha value is -3.75. The highest BCUT2D eigenvalue weighted by Gasteiger charge is 2.33. The number of nitrogens with zero attached hydrogens (tertiary/aromatic N) is 2. The molecule has 0 saturated carbocycles. The quantitative estimate of drug-likeness (QED) is 0.404. The molecule has 1 atom stereocenters. The lowest BCUT2D eigenvalue weighted by molar-refractivity contribution is -0.384. The molecule has 1 aromatic heterocycles. The third kappa shape index (κ3) is 3.07. The molecule has 0 radical (unpaired) electrons. The van der Waals surface area contributed by atoms with E-state index in [1.807, 2.05) is 30.3 Å². The number of hydrogen-bond acceptors (Lipinski definition) is 5. The Bertz CT molecular complexity index is 1200. The van der Waals surface area contributed by atoms with Crippen molar-refractivity contribution in [1.82, 2.24) is 14.9 Å². The van der Waals surface area contributed by atoms with Crippen LogP contribution in [-0.4, -0.2) is 32.2 Å². The zero-order chi connectivity index (χ0) is 19.8. The van der Waals surface area contributed by atoms with E-state index in [4.69, 9.17) is 0 Å². The molecule has 1 fully saturated rings. The molecule has 28 heavy (non-hydrogen) atoms. The predicted octanol–water partition coefficient (Wildman–Crippen LogP) is 1.64. The van der Waals surface area contributed by atoms with Gasteiger partial charge >= 0.3 is 11.1 Å². The molecule has 9 nitrogen and oxygen atoms in total. The molecule has 1 aliphatic rings. The Morgan fingerprint density at radius 1 is 1.07 bits per heavy atom. The highest BCUT2D eigenvalue weighted by Crippen LogP contribution is 2.31. The SMILES string of the molecule is O=C1C(c2ccccc2)CCN1Cc1cc([N+](=O)[O-])cc2[nH]c(=O)c(=O)[nH]c12. The van der Waals surface area contributed by atoms with Gasteiger partial charge in [0.25, 0.3) is 5.69 Å². The van der Waals surface area contributed by atoms with Crippen LogP contribution in [0.3, 0.4) is 0 Å². The first-order valence-electron chi connectivity index (χ1n) is 8.71. The van der Waals surface area contributed by atoms with Gasteiger partial charge in [0.15, 0.2) is 0 Å². The van der Waals surface area contributed by atoms with Gasteiger partial charge in [-0.25, -0.2) is 0 Å². The monoisotopic (exact) mass is 380 g/mol. The van der Waals surface area contributed by atoms with Crippen molar-refractivity contribution in [1.29, 1.82) is 0 Å². The summed E-state index contributed by atoms with van der Waals surface area (Å²) < 4.78 is 0. The highest BCUT2D eigenvalue weighted by molar-refractivity contribution is 5.87. The number of H-pyrrole nitrogens is 2. The van der Waals surface area contributed by atoms with E-state index in [9.17, 15) is 24.5 Å². The predicted molar refractivity (Wildman–Crippen MR) is 101 cm³/mol. The van der Waals surface area contributed by atoms with E-state index < -0.39 is 16.0 Å². The summed E-state index contributed by atoms with van der Waals surface area (Å²) in [6.45, 7) is 0.596. The summed E-state index contributed by atoms with van der Waals surface area (Å²) in [5.74, 6) is -0.331. The summed E-state index contributed by atoms with van der Waals surface area (Å²) >= 11 is 0. The van der Waals surface area contributed by atoms with Gasteiger partial charge in [0.1, 0.15) is 0 Å². The zero-order valence-corrected chi connectivity index (χ0v) is 14.7. The summed E-state index contributed by atoms with van der Waals surface area (Å²) in [6.07, 6.45) is 0.642. The Labute approximate surface area is 157 Å². The van der Waals surface area contributed by atoms with Gasteiger partial charge < -0.3 is 14.9 Å². The molecule has 1 saturated heterocycles. The summed E-state index contributed by atoms with van der Waals surface area (Å²) in [5.41, 5.74) is -0.197.